The highest BCUT2D eigenvalue weighted by atomic mass is 16.5. The fraction of sp³-hybridized carbons (Fsp3) is 0.519. The molecule has 1 atom stereocenters. The van der Waals surface area contributed by atoms with Crippen LogP contribution in [0, 0.1) is 0 Å². The summed E-state index contributed by atoms with van der Waals surface area (Å²) >= 11 is 0. The molecule has 1 saturated carbocycles. The van der Waals surface area contributed by atoms with Gasteiger partial charge in [0.05, 0.1) is 23.3 Å². The Bertz CT molecular complexity index is 1160. The molecule has 5 rings (SSSR count). The van der Waals surface area contributed by atoms with Crippen LogP contribution in [0.5, 0.6) is 0 Å². The minimum Gasteiger partial charge on any atom is -0.378 e. The third-order valence-electron chi connectivity index (χ3n) is 6.86. The summed E-state index contributed by atoms with van der Waals surface area (Å²) in [5.74, 6) is 0.487. The fourth-order valence-corrected chi connectivity index (χ4v) is 4.72. The third kappa shape index (κ3) is 4.67. The summed E-state index contributed by atoms with van der Waals surface area (Å²) in [6, 6.07) is 10.6. The molecule has 0 N–H and O–H groups in total. The van der Waals surface area contributed by atoms with Gasteiger partial charge >= 0.3 is 0 Å². The average Bonchev–Trinajstić information content (AvgIpc) is 3.37. The molecular formula is C27H35N5O2. The van der Waals surface area contributed by atoms with E-state index in [2.05, 4.69) is 48.1 Å². The van der Waals surface area contributed by atoms with Crippen LogP contribution in [0.25, 0.3) is 11.0 Å². The zero-order valence-electron chi connectivity index (χ0n) is 20.7. The van der Waals surface area contributed by atoms with Crippen molar-refractivity contribution in [3.8, 4) is 0 Å². The molecule has 3 aromatic rings. The smallest absolute Gasteiger partial charge is 0.255 e. The van der Waals surface area contributed by atoms with Gasteiger partial charge in [0.2, 0.25) is 0 Å². The first-order chi connectivity index (χ1) is 16.4. The number of hydrogen-bond donors (Lipinski definition) is 0. The summed E-state index contributed by atoms with van der Waals surface area (Å²) < 4.78 is 7.86. The molecular weight excluding hydrogens is 426 g/mol. The Labute approximate surface area is 201 Å². The molecule has 0 radical (unpaired) electrons. The lowest BCUT2D eigenvalue weighted by Crippen LogP contribution is -2.37. The maximum Gasteiger partial charge on any atom is 0.255 e. The number of amides is 1. The largest absolute Gasteiger partial charge is 0.378 e. The van der Waals surface area contributed by atoms with Crippen LogP contribution in [0.1, 0.15) is 73.1 Å². The Hall–Kier alpha value is -2.93. The molecule has 2 aliphatic rings. The fourth-order valence-electron chi connectivity index (χ4n) is 4.72. The normalized spacial score (nSPS) is 18.1. The highest BCUT2D eigenvalue weighted by Crippen LogP contribution is 2.40. The van der Waals surface area contributed by atoms with Gasteiger partial charge in [0.1, 0.15) is 0 Å². The summed E-state index contributed by atoms with van der Waals surface area (Å²) in [6.07, 6.45) is 6.22. The van der Waals surface area contributed by atoms with Crippen molar-refractivity contribution >= 4 is 22.6 Å². The Balaban J connectivity index is 1.51. The molecule has 1 aliphatic heterocycles. The van der Waals surface area contributed by atoms with Crippen LogP contribution >= 0.6 is 0 Å². The van der Waals surface area contributed by atoms with Crippen molar-refractivity contribution < 1.29 is 9.53 Å². The highest BCUT2D eigenvalue weighted by molar-refractivity contribution is 6.05. The number of nitrogens with zero attached hydrogens (tertiary/aromatic N) is 5. The van der Waals surface area contributed by atoms with Crippen molar-refractivity contribution in [3.05, 3.63) is 53.3 Å². The van der Waals surface area contributed by atoms with Gasteiger partial charge in [-0.15, -0.1) is 0 Å². The van der Waals surface area contributed by atoms with E-state index in [4.69, 9.17) is 9.72 Å². The molecule has 1 aliphatic carbocycles. The SMILES string of the molecule is CC(C)n1ncc2c(C(=O)N(Cc3ccc(N(C)C)cc3)CC3CCCO3)cc(C3CC3)nc21. The Morgan fingerprint density at radius 1 is 1.18 bits per heavy atom. The molecule has 0 bridgehead atoms. The van der Waals surface area contributed by atoms with Crippen LogP contribution in [0.15, 0.2) is 36.5 Å². The summed E-state index contributed by atoms with van der Waals surface area (Å²) in [5.41, 5.74) is 4.80. The average molecular weight is 462 g/mol. The Morgan fingerprint density at radius 2 is 1.94 bits per heavy atom. The zero-order valence-corrected chi connectivity index (χ0v) is 20.7. The Morgan fingerprint density at radius 3 is 2.56 bits per heavy atom. The summed E-state index contributed by atoms with van der Waals surface area (Å²) in [6.45, 7) is 6.11. The van der Waals surface area contributed by atoms with Gasteiger partial charge in [0, 0.05) is 57.1 Å². The summed E-state index contributed by atoms with van der Waals surface area (Å²) in [4.78, 5) is 23.1. The van der Waals surface area contributed by atoms with Crippen LogP contribution < -0.4 is 4.90 Å². The molecule has 34 heavy (non-hydrogen) atoms. The molecule has 2 fully saturated rings. The van der Waals surface area contributed by atoms with Gasteiger partial charge in [-0.05, 0) is 63.3 Å². The van der Waals surface area contributed by atoms with Crippen molar-refractivity contribution in [1.82, 2.24) is 19.7 Å². The number of carbonyl (C=O) groups is 1. The zero-order chi connectivity index (χ0) is 23.8. The standard InChI is InChI=1S/C27H35N5O2/c1-18(2)32-26-24(15-28-32)23(14-25(29-26)20-9-10-20)27(33)31(17-22-6-5-13-34-22)16-19-7-11-21(12-8-19)30(3)4/h7-8,11-12,14-15,18,20,22H,5-6,9-10,13,16-17H2,1-4H3. The van der Waals surface area contributed by atoms with Gasteiger partial charge in [-0.3, -0.25) is 4.79 Å². The van der Waals surface area contributed by atoms with E-state index in [9.17, 15) is 4.79 Å². The van der Waals surface area contributed by atoms with Crippen LogP contribution in [0.3, 0.4) is 0 Å². The lowest BCUT2D eigenvalue weighted by molar-refractivity contribution is 0.0508. The van der Waals surface area contributed by atoms with Crippen molar-refractivity contribution in [3.63, 3.8) is 0 Å². The molecule has 180 valence electrons. The number of aromatic nitrogens is 3. The van der Waals surface area contributed by atoms with Gasteiger partial charge in [-0.25, -0.2) is 9.67 Å². The van der Waals surface area contributed by atoms with E-state index in [0.29, 0.717) is 24.6 Å². The number of benzene rings is 1. The molecule has 1 aromatic carbocycles. The summed E-state index contributed by atoms with van der Waals surface area (Å²) in [7, 11) is 4.07. The third-order valence-corrected chi connectivity index (χ3v) is 6.86. The topological polar surface area (TPSA) is 63.5 Å². The number of carbonyl (C=O) groups excluding carboxylic acids is 1. The van der Waals surface area contributed by atoms with E-state index >= 15 is 0 Å². The van der Waals surface area contributed by atoms with E-state index in [1.807, 2.05) is 35.9 Å². The van der Waals surface area contributed by atoms with E-state index < -0.39 is 0 Å². The molecule has 7 heteroatoms. The predicted molar refractivity (Wildman–Crippen MR) is 134 cm³/mol. The first kappa shape index (κ1) is 22.8. The van der Waals surface area contributed by atoms with Crippen molar-refractivity contribution in [2.24, 2.45) is 0 Å². The number of pyridine rings is 1. The van der Waals surface area contributed by atoms with Gasteiger partial charge in [0.25, 0.3) is 5.91 Å². The van der Waals surface area contributed by atoms with Gasteiger partial charge < -0.3 is 14.5 Å². The second-order valence-corrected chi connectivity index (χ2v) is 10.2. The summed E-state index contributed by atoms with van der Waals surface area (Å²) in [5, 5.41) is 5.42. The van der Waals surface area contributed by atoms with Crippen LogP contribution in [0.2, 0.25) is 0 Å². The van der Waals surface area contributed by atoms with E-state index in [-0.39, 0.29) is 18.1 Å². The minimum atomic E-state index is 0.0322. The van der Waals surface area contributed by atoms with Crippen molar-refractivity contribution in [2.75, 3.05) is 32.1 Å². The van der Waals surface area contributed by atoms with Gasteiger partial charge in [-0.1, -0.05) is 12.1 Å². The maximum atomic E-state index is 14.1. The molecule has 7 nitrogen and oxygen atoms in total. The molecule has 3 heterocycles. The minimum absolute atomic E-state index is 0.0322. The van der Waals surface area contributed by atoms with Crippen LogP contribution in [0.4, 0.5) is 5.69 Å². The second kappa shape index (κ2) is 9.37. The first-order valence-corrected chi connectivity index (χ1v) is 12.5. The van der Waals surface area contributed by atoms with E-state index in [1.54, 1.807) is 0 Å². The van der Waals surface area contributed by atoms with Gasteiger partial charge in [0.15, 0.2) is 5.65 Å². The Kier molecular flexibility index (Phi) is 6.30. The lowest BCUT2D eigenvalue weighted by Gasteiger charge is -2.26. The quantitative estimate of drug-likeness (QED) is 0.483. The van der Waals surface area contributed by atoms with E-state index in [1.165, 1.54) is 0 Å². The first-order valence-electron chi connectivity index (χ1n) is 12.5. The number of hydrogen-bond acceptors (Lipinski definition) is 5. The molecule has 0 spiro atoms. The number of rotatable bonds is 8. The molecule has 1 saturated heterocycles. The number of anilines is 1. The second-order valence-electron chi connectivity index (χ2n) is 10.2. The highest BCUT2D eigenvalue weighted by Gasteiger charge is 2.30. The van der Waals surface area contributed by atoms with Crippen molar-refractivity contribution in [2.45, 2.75) is 64.1 Å². The maximum absolute atomic E-state index is 14.1. The van der Waals surface area contributed by atoms with Crippen LogP contribution in [-0.4, -0.2) is 58.9 Å². The van der Waals surface area contributed by atoms with Crippen molar-refractivity contribution in [1.29, 1.82) is 0 Å². The molecule has 1 unspecified atom stereocenters. The molecule has 2 aromatic heterocycles. The van der Waals surface area contributed by atoms with Crippen LogP contribution in [-0.2, 0) is 11.3 Å². The molecule has 1 amide bonds. The predicted octanol–water partition coefficient (Wildman–Crippen LogP) is 4.78. The lowest BCUT2D eigenvalue weighted by atomic mass is 10.1. The van der Waals surface area contributed by atoms with E-state index in [0.717, 1.165) is 60.3 Å². The number of fused-ring (bicyclic) bond motifs is 1. The monoisotopic (exact) mass is 461 g/mol. The number of ether oxygens (including phenoxy) is 1. The van der Waals surface area contributed by atoms with Gasteiger partial charge in [-0.2, -0.15) is 5.10 Å².